The fraction of sp³-hybridized carbons (Fsp3) is 0.933. The van der Waals surface area contributed by atoms with Gasteiger partial charge in [0, 0.05) is 25.6 Å². The van der Waals surface area contributed by atoms with Crippen LogP contribution in [0.1, 0.15) is 51.4 Å². The molecule has 0 aromatic carbocycles. The van der Waals surface area contributed by atoms with Gasteiger partial charge in [0.2, 0.25) is 5.91 Å². The average molecular weight is 267 g/mol. The van der Waals surface area contributed by atoms with E-state index in [0.717, 1.165) is 32.4 Å². The molecule has 4 heteroatoms. The monoisotopic (exact) mass is 267 g/mol. The van der Waals surface area contributed by atoms with Crippen LogP contribution in [0.25, 0.3) is 0 Å². The van der Waals surface area contributed by atoms with E-state index in [1.807, 2.05) is 7.05 Å². The molecule has 1 amide bonds. The quantitative estimate of drug-likeness (QED) is 0.811. The second kappa shape index (κ2) is 6.71. The maximum atomic E-state index is 12.5. The Kier molecular flexibility index (Phi) is 5.22. The van der Waals surface area contributed by atoms with Crippen LogP contribution >= 0.6 is 0 Å². The minimum Gasteiger partial charge on any atom is -0.341 e. The number of carbonyl (C=O) groups is 1. The summed E-state index contributed by atoms with van der Waals surface area (Å²) in [5.41, 5.74) is 6.09. The zero-order valence-corrected chi connectivity index (χ0v) is 12.3. The molecule has 0 bridgehead atoms. The smallest absolute Gasteiger partial charge is 0.223 e. The highest BCUT2D eigenvalue weighted by Gasteiger charge is 2.35. The molecule has 110 valence electrons. The summed E-state index contributed by atoms with van der Waals surface area (Å²) in [7, 11) is 1.99. The molecule has 0 aromatic rings. The maximum Gasteiger partial charge on any atom is 0.223 e. The number of rotatable bonds is 4. The molecule has 1 aliphatic heterocycles. The van der Waals surface area contributed by atoms with E-state index in [0.29, 0.717) is 24.9 Å². The molecule has 19 heavy (non-hydrogen) atoms. The first-order valence-corrected chi connectivity index (χ1v) is 7.84. The molecule has 1 saturated carbocycles. The number of hydrogen-bond donors (Lipinski definition) is 2. The molecule has 2 aliphatic rings. The van der Waals surface area contributed by atoms with Crippen molar-refractivity contribution in [2.75, 3.05) is 26.7 Å². The van der Waals surface area contributed by atoms with E-state index in [-0.39, 0.29) is 5.41 Å². The van der Waals surface area contributed by atoms with Gasteiger partial charge in [0.1, 0.15) is 0 Å². The number of nitrogens with two attached hydrogens (primary N) is 1. The standard InChI is InChI=1S/C15H29N3O/c1-17-13-6-5-9-18(11-13)14(19)10-15(12-16)7-3-2-4-8-15/h13,17H,2-12,16H2,1H3. The highest BCUT2D eigenvalue weighted by molar-refractivity contribution is 5.77. The molecule has 2 fully saturated rings. The van der Waals surface area contributed by atoms with Gasteiger partial charge in [-0.05, 0) is 44.7 Å². The minimum atomic E-state index is 0.0991. The van der Waals surface area contributed by atoms with Crippen molar-refractivity contribution in [2.24, 2.45) is 11.1 Å². The maximum absolute atomic E-state index is 12.5. The molecule has 1 saturated heterocycles. The lowest BCUT2D eigenvalue weighted by Gasteiger charge is -2.39. The molecule has 1 atom stereocenters. The van der Waals surface area contributed by atoms with Crippen LogP contribution in [0.15, 0.2) is 0 Å². The summed E-state index contributed by atoms with van der Waals surface area (Å²) in [5, 5.41) is 3.30. The second-order valence-electron chi connectivity index (χ2n) is 6.41. The number of likely N-dealkylation sites (N-methyl/N-ethyl adjacent to an activating group) is 1. The number of nitrogens with one attached hydrogen (secondary N) is 1. The first kappa shape index (κ1) is 14.8. The number of piperidine rings is 1. The third kappa shape index (κ3) is 3.69. The molecule has 0 aromatic heterocycles. The lowest BCUT2D eigenvalue weighted by molar-refractivity contribution is -0.135. The number of carbonyl (C=O) groups excluding carboxylic acids is 1. The van der Waals surface area contributed by atoms with E-state index in [1.54, 1.807) is 0 Å². The fourth-order valence-corrected chi connectivity index (χ4v) is 3.63. The number of likely N-dealkylation sites (tertiary alicyclic amines) is 1. The summed E-state index contributed by atoms with van der Waals surface area (Å²) in [6.45, 7) is 2.47. The van der Waals surface area contributed by atoms with Gasteiger partial charge in [-0.2, -0.15) is 0 Å². The van der Waals surface area contributed by atoms with Gasteiger partial charge >= 0.3 is 0 Å². The van der Waals surface area contributed by atoms with Gasteiger partial charge in [0.05, 0.1) is 0 Å². The first-order valence-electron chi connectivity index (χ1n) is 7.84. The van der Waals surface area contributed by atoms with Crippen LogP contribution in [0.4, 0.5) is 0 Å². The Hall–Kier alpha value is -0.610. The molecule has 0 spiro atoms. The van der Waals surface area contributed by atoms with Gasteiger partial charge in [0.15, 0.2) is 0 Å². The van der Waals surface area contributed by atoms with Crippen molar-refractivity contribution in [1.29, 1.82) is 0 Å². The van der Waals surface area contributed by atoms with E-state index in [1.165, 1.54) is 25.7 Å². The van der Waals surface area contributed by atoms with Gasteiger partial charge in [-0.3, -0.25) is 4.79 Å². The predicted octanol–water partition coefficient (Wildman–Crippen LogP) is 1.50. The first-order chi connectivity index (χ1) is 9.19. The van der Waals surface area contributed by atoms with Crippen molar-refractivity contribution in [3.05, 3.63) is 0 Å². The van der Waals surface area contributed by atoms with Crippen LogP contribution < -0.4 is 11.1 Å². The molecule has 1 aliphatic carbocycles. The summed E-state index contributed by atoms with van der Waals surface area (Å²) < 4.78 is 0. The Morgan fingerprint density at radius 1 is 1.32 bits per heavy atom. The van der Waals surface area contributed by atoms with E-state index in [2.05, 4.69) is 10.2 Å². The Morgan fingerprint density at radius 3 is 2.68 bits per heavy atom. The zero-order valence-electron chi connectivity index (χ0n) is 12.3. The Morgan fingerprint density at radius 2 is 2.05 bits per heavy atom. The molecular weight excluding hydrogens is 238 g/mol. The number of hydrogen-bond acceptors (Lipinski definition) is 3. The van der Waals surface area contributed by atoms with Gasteiger partial charge in [-0.15, -0.1) is 0 Å². The van der Waals surface area contributed by atoms with E-state index in [4.69, 9.17) is 5.73 Å². The van der Waals surface area contributed by atoms with Crippen LogP contribution in [0.2, 0.25) is 0 Å². The Labute approximate surface area is 117 Å². The van der Waals surface area contributed by atoms with Gasteiger partial charge in [-0.25, -0.2) is 0 Å². The number of amides is 1. The minimum absolute atomic E-state index is 0.0991. The molecule has 3 N–H and O–H groups in total. The van der Waals surface area contributed by atoms with Crippen molar-refractivity contribution in [3.8, 4) is 0 Å². The summed E-state index contributed by atoms with van der Waals surface area (Å²) in [6, 6.07) is 0.470. The number of nitrogens with zero attached hydrogens (tertiary/aromatic N) is 1. The third-order valence-corrected chi connectivity index (χ3v) is 5.06. The second-order valence-corrected chi connectivity index (χ2v) is 6.41. The van der Waals surface area contributed by atoms with Crippen molar-refractivity contribution < 1.29 is 4.79 Å². The van der Waals surface area contributed by atoms with Crippen LogP contribution in [0.3, 0.4) is 0 Å². The van der Waals surface area contributed by atoms with Crippen molar-refractivity contribution in [2.45, 2.75) is 57.4 Å². The van der Waals surface area contributed by atoms with Gasteiger partial charge in [-0.1, -0.05) is 19.3 Å². The van der Waals surface area contributed by atoms with Gasteiger partial charge < -0.3 is 16.0 Å². The fourth-order valence-electron chi connectivity index (χ4n) is 3.63. The highest BCUT2D eigenvalue weighted by Crippen LogP contribution is 2.38. The van der Waals surface area contributed by atoms with E-state index >= 15 is 0 Å². The SMILES string of the molecule is CNC1CCCN(C(=O)CC2(CN)CCCCC2)C1. The van der Waals surface area contributed by atoms with Gasteiger partial charge in [0.25, 0.3) is 0 Å². The van der Waals surface area contributed by atoms with Crippen LogP contribution in [0.5, 0.6) is 0 Å². The average Bonchev–Trinajstić information content (AvgIpc) is 2.48. The summed E-state index contributed by atoms with van der Waals surface area (Å²) in [6.07, 6.45) is 9.03. The lowest BCUT2D eigenvalue weighted by atomic mass is 9.71. The topological polar surface area (TPSA) is 58.4 Å². The summed E-state index contributed by atoms with van der Waals surface area (Å²) in [5.74, 6) is 0.326. The highest BCUT2D eigenvalue weighted by atomic mass is 16.2. The molecular formula is C15H29N3O. The van der Waals surface area contributed by atoms with Crippen molar-refractivity contribution in [1.82, 2.24) is 10.2 Å². The molecule has 0 radical (unpaired) electrons. The zero-order chi connectivity index (χ0) is 13.7. The largest absolute Gasteiger partial charge is 0.341 e. The summed E-state index contributed by atoms with van der Waals surface area (Å²) >= 11 is 0. The van der Waals surface area contributed by atoms with Crippen molar-refractivity contribution >= 4 is 5.91 Å². The lowest BCUT2D eigenvalue weighted by Crippen LogP contribution is -2.49. The molecule has 4 nitrogen and oxygen atoms in total. The van der Waals surface area contributed by atoms with Crippen LogP contribution in [-0.2, 0) is 4.79 Å². The van der Waals surface area contributed by atoms with Crippen molar-refractivity contribution in [3.63, 3.8) is 0 Å². The Bertz CT molecular complexity index is 300. The summed E-state index contributed by atoms with van der Waals surface area (Å²) in [4.78, 5) is 14.6. The molecule has 2 rings (SSSR count). The Balaban J connectivity index is 1.91. The van der Waals surface area contributed by atoms with E-state index < -0.39 is 0 Å². The van der Waals surface area contributed by atoms with Crippen LogP contribution in [0, 0.1) is 5.41 Å². The molecule has 1 unspecified atom stereocenters. The predicted molar refractivity (Wildman–Crippen MR) is 77.9 cm³/mol. The molecule has 1 heterocycles. The van der Waals surface area contributed by atoms with E-state index in [9.17, 15) is 4.79 Å². The normalized spacial score (nSPS) is 27.3. The van der Waals surface area contributed by atoms with Crippen LogP contribution in [-0.4, -0.2) is 43.5 Å². The third-order valence-electron chi connectivity index (χ3n) is 5.06.